The minimum atomic E-state index is -1.45. The number of Topliss-reactive ketones (excluding diaryl/α,β-unsaturated/α-hetero) is 1. The number of carbonyl (C=O) groups excluding carboxylic acids is 1. The van der Waals surface area contributed by atoms with Gasteiger partial charge in [0.1, 0.15) is 5.75 Å². The molecular formula is C18H18O6. The number of hydrogen-bond acceptors (Lipinski definition) is 5. The number of aliphatic hydroxyl groups excluding tert-OH is 2. The maximum atomic E-state index is 12.1. The highest BCUT2D eigenvalue weighted by Crippen LogP contribution is 2.14. The quantitative estimate of drug-likeness (QED) is 0.633. The van der Waals surface area contributed by atoms with E-state index in [2.05, 4.69) is 0 Å². The first kappa shape index (κ1) is 17.7. The van der Waals surface area contributed by atoms with Gasteiger partial charge in [-0.3, -0.25) is 4.79 Å². The van der Waals surface area contributed by atoms with Crippen LogP contribution in [0, 0.1) is 0 Å². The van der Waals surface area contributed by atoms with Gasteiger partial charge in [0.25, 0.3) is 0 Å². The van der Waals surface area contributed by atoms with Crippen LogP contribution in [0.25, 0.3) is 0 Å². The molecular weight excluding hydrogens is 312 g/mol. The zero-order valence-electron chi connectivity index (χ0n) is 12.9. The second-order valence-electron chi connectivity index (χ2n) is 5.27. The number of carbonyl (C=O) groups is 2. The van der Waals surface area contributed by atoms with Crippen LogP contribution in [0.3, 0.4) is 0 Å². The highest BCUT2D eigenvalue weighted by atomic mass is 16.5. The van der Waals surface area contributed by atoms with Crippen molar-refractivity contribution in [1.29, 1.82) is 0 Å². The number of aliphatic hydroxyl groups is 2. The molecule has 0 aromatic heterocycles. The first-order valence-corrected chi connectivity index (χ1v) is 7.35. The zero-order chi connectivity index (χ0) is 17.5. The normalized spacial score (nSPS) is 11.8. The maximum Gasteiger partial charge on any atom is 0.332 e. The molecule has 0 aliphatic heterocycles. The molecule has 0 aliphatic carbocycles. The standard InChI is InChI=1S/C18H18O6/c19-10-13-2-1-3-14(8-13)17(21)11-24-15-6-4-12(5-7-15)9-16(20)18(22)23/h1-8,16,19-20H,9-11H2,(H,22,23)/t16-/m1/s1. The van der Waals surface area contributed by atoms with Gasteiger partial charge in [0, 0.05) is 12.0 Å². The molecule has 6 nitrogen and oxygen atoms in total. The van der Waals surface area contributed by atoms with Gasteiger partial charge in [-0.1, -0.05) is 30.3 Å². The molecule has 0 aliphatic rings. The zero-order valence-corrected chi connectivity index (χ0v) is 12.9. The minimum absolute atomic E-state index is 0.00248. The van der Waals surface area contributed by atoms with Crippen LogP contribution >= 0.6 is 0 Å². The highest BCUT2D eigenvalue weighted by molar-refractivity contribution is 5.97. The fraction of sp³-hybridized carbons (Fsp3) is 0.222. The summed E-state index contributed by atoms with van der Waals surface area (Å²) in [5.74, 6) is -1.02. The molecule has 2 aromatic rings. The van der Waals surface area contributed by atoms with Crippen molar-refractivity contribution in [2.75, 3.05) is 6.61 Å². The number of carboxylic acid groups (broad SMARTS) is 1. The van der Waals surface area contributed by atoms with Crippen LogP contribution in [0.4, 0.5) is 0 Å². The van der Waals surface area contributed by atoms with Gasteiger partial charge in [-0.25, -0.2) is 4.79 Å². The summed E-state index contributed by atoms with van der Waals surface area (Å²) in [6.45, 7) is -0.280. The van der Waals surface area contributed by atoms with Gasteiger partial charge in [0.2, 0.25) is 0 Å². The van der Waals surface area contributed by atoms with E-state index in [0.29, 0.717) is 22.4 Å². The first-order valence-electron chi connectivity index (χ1n) is 7.35. The van der Waals surface area contributed by atoms with Crippen molar-refractivity contribution in [3.63, 3.8) is 0 Å². The van der Waals surface area contributed by atoms with E-state index in [1.54, 1.807) is 48.5 Å². The van der Waals surface area contributed by atoms with Gasteiger partial charge in [-0.15, -0.1) is 0 Å². The Balaban J connectivity index is 1.92. The Kier molecular flexibility index (Phi) is 6.06. The smallest absolute Gasteiger partial charge is 0.332 e. The van der Waals surface area contributed by atoms with Gasteiger partial charge in [0.05, 0.1) is 6.61 Å². The molecule has 24 heavy (non-hydrogen) atoms. The Morgan fingerprint density at radius 2 is 1.75 bits per heavy atom. The van der Waals surface area contributed by atoms with Gasteiger partial charge < -0.3 is 20.1 Å². The van der Waals surface area contributed by atoms with Crippen LogP contribution < -0.4 is 4.74 Å². The number of ketones is 1. The largest absolute Gasteiger partial charge is 0.485 e. The number of hydrogen-bond donors (Lipinski definition) is 3. The third-order valence-corrected chi connectivity index (χ3v) is 3.44. The van der Waals surface area contributed by atoms with Crippen molar-refractivity contribution >= 4 is 11.8 Å². The maximum absolute atomic E-state index is 12.1. The molecule has 126 valence electrons. The Morgan fingerprint density at radius 3 is 2.38 bits per heavy atom. The molecule has 0 unspecified atom stereocenters. The van der Waals surface area contributed by atoms with Crippen LogP contribution in [0.15, 0.2) is 48.5 Å². The van der Waals surface area contributed by atoms with Crippen molar-refractivity contribution < 1.29 is 29.6 Å². The summed E-state index contributed by atoms with van der Waals surface area (Å²) in [6, 6.07) is 13.2. The molecule has 2 rings (SSSR count). The molecule has 0 amide bonds. The second-order valence-corrected chi connectivity index (χ2v) is 5.27. The lowest BCUT2D eigenvalue weighted by atomic mass is 10.1. The topological polar surface area (TPSA) is 104 Å². The molecule has 1 atom stereocenters. The van der Waals surface area contributed by atoms with E-state index in [1.165, 1.54) is 0 Å². The summed E-state index contributed by atoms with van der Waals surface area (Å²) < 4.78 is 5.41. The van der Waals surface area contributed by atoms with Crippen molar-refractivity contribution in [1.82, 2.24) is 0 Å². The van der Waals surface area contributed by atoms with Gasteiger partial charge in [-0.2, -0.15) is 0 Å². The number of rotatable bonds is 8. The van der Waals surface area contributed by atoms with Crippen molar-refractivity contribution in [2.45, 2.75) is 19.1 Å². The lowest BCUT2D eigenvalue weighted by Gasteiger charge is -2.08. The van der Waals surface area contributed by atoms with E-state index < -0.39 is 12.1 Å². The molecule has 0 saturated heterocycles. The Bertz CT molecular complexity index is 708. The van der Waals surface area contributed by atoms with Crippen LogP contribution in [0.1, 0.15) is 21.5 Å². The number of aliphatic carboxylic acids is 1. The van der Waals surface area contributed by atoms with E-state index in [-0.39, 0.29) is 25.4 Å². The number of benzene rings is 2. The fourth-order valence-electron chi connectivity index (χ4n) is 2.11. The summed E-state index contributed by atoms with van der Waals surface area (Å²) in [4.78, 5) is 22.7. The van der Waals surface area contributed by atoms with Gasteiger partial charge in [-0.05, 0) is 29.3 Å². The summed E-state index contributed by atoms with van der Waals surface area (Å²) >= 11 is 0. The average Bonchev–Trinajstić information content (AvgIpc) is 2.60. The van der Waals surface area contributed by atoms with E-state index in [4.69, 9.17) is 14.9 Å². The summed E-state index contributed by atoms with van der Waals surface area (Å²) in [5, 5.41) is 27.0. The van der Waals surface area contributed by atoms with Crippen LogP contribution in [-0.2, 0) is 17.8 Å². The summed E-state index contributed by atoms with van der Waals surface area (Å²) in [6.07, 6.45) is -1.44. The first-order chi connectivity index (χ1) is 11.5. The monoisotopic (exact) mass is 330 g/mol. The Hall–Kier alpha value is -2.70. The molecule has 0 fully saturated rings. The lowest BCUT2D eigenvalue weighted by Crippen LogP contribution is -2.21. The van der Waals surface area contributed by atoms with E-state index in [9.17, 15) is 14.7 Å². The molecule has 3 N–H and O–H groups in total. The third-order valence-electron chi connectivity index (χ3n) is 3.44. The predicted molar refractivity (Wildman–Crippen MR) is 86.0 cm³/mol. The number of carboxylic acids is 1. The summed E-state index contributed by atoms with van der Waals surface area (Å²) in [5.41, 5.74) is 1.77. The fourth-order valence-corrected chi connectivity index (χ4v) is 2.11. The molecule has 0 radical (unpaired) electrons. The minimum Gasteiger partial charge on any atom is -0.485 e. The molecule has 0 spiro atoms. The van der Waals surface area contributed by atoms with E-state index in [0.717, 1.165) is 0 Å². The van der Waals surface area contributed by atoms with E-state index in [1.807, 2.05) is 0 Å². The van der Waals surface area contributed by atoms with E-state index >= 15 is 0 Å². The molecule has 0 bridgehead atoms. The highest BCUT2D eigenvalue weighted by Gasteiger charge is 2.13. The Labute approximate surface area is 138 Å². The molecule has 6 heteroatoms. The third kappa shape index (κ3) is 4.91. The average molecular weight is 330 g/mol. The van der Waals surface area contributed by atoms with Gasteiger partial charge in [0.15, 0.2) is 18.5 Å². The van der Waals surface area contributed by atoms with Crippen LogP contribution in [0.2, 0.25) is 0 Å². The van der Waals surface area contributed by atoms with Crippen molar-refractivity contribution in [3.05, 3.63) is 65.2 Å². The molecule has 0 saturated carbocycles. The summed E-state index contributed by atoms with van der Waals surface area (Å²) in [7, 11) is 0. The number of ether oxygens (including phenoxy) is 1. The molecule has 0 heterocycles. The van der Waals surface area contributed by atoms with Crippen molar-refractivity contribution in [2.24, 2.45) is 0 Å². The van der Waals surface area contributed by atoms with Crippen LogP contribution in [-0.4, -0.2) is 39.8 Å². The predicted octanol–water partition coefficient (Wildman–Crippen LogP) is 1.43. The van der Waals surface area contributed by atoms with Crippen molar-refractivity contribution in [3.8, 4) is 5.75 Å². The SMILES string of the molecule is O=C(COc1ccc(C[C@@H](O)C(=O)O)cc1)c1cccc(CO)c1. The second kappa shape index (κ2) is 8.24. The molecule has 2 aromatic carbocycles. The van der Waals surface area contributed by atoms with Crippen LogP contribution in [0.5, 0.6) is 5.75 Å². The Morgan fingerprint density at radius 1 is 1.04 bits per heavy atom. The van der Waals surface area contributed by atoms with Gasteiger partial charge >= 0.3 is 5.97 Å². The lowest BCUT2D eigenvalue weighted by molar-refractivity contribution is -0.146.